The fourth-order valence-electron chi connectivity index (χ4n) is 1.64. The molecule has 1 aliphatic rings. The van der Waals surface area contributed by atoms with Crippen LogP contribution in [0.15, 0.2) is 27.8 Å². The number of fused-ring (bicyclic) bond motifs is 1. The third-order valence-corrected chi connectivity index (χ3v) is 3.11. The van der Waals surface area contributed by atoms with Crippen molar-refractivity contribution in [1.82, 2.24) is 0 Å². The maximum atomic E-state index is 12.0. The minimum atomic E-state index is -0.146. The maximum absolute atomic E-state index is 12.0. The molecule has 0 bridgehead atoms. The van der Waals surface area contributed by atoms with Crippen molar-refractivity contribution in [2.75, 3.05) is 11.9 Å². The molecule has 0 unspecified atom stereocenters. The van der Waals surface area contributed by atoms with E-state index < -0.39 is 0 Å². The van der Waals surface area contributed by atoms with Crippen molar-refractivity contribution in [1.29, 1.82) is 0 Å². The molecule has 1 aromatic rings. The number of carbonyl (C=O) groups is 1. The third-order valence-electron chi connectivity index (χ3n) is 2.45. The van der Waals surface area contributed by atoms with Crippen LogP contribution in [0.4, 0.5) is 5.69 Å². The summed E-state index contributed by atoms with van der Waals surface area (Å²) in [6.45, 7) is 3.74. The molecule has 4 nitrogen and oxygen atoms in total. The van der Waals surface area contributed by atoms with E-state index in [-0.39, 0.29) is 12.0 Å². The first-order chi connectivity index (χ1) is 8.02. The second-order valence-electron chi connectivity index (χ2n) is 4.09. The average molecular weight is 297 g/mol. The summed E-state index contributed by atoms with van der Waals surface area (Å²) in [5.74, 6) is -0.146. The van der Waals surface area contributed by atoms with Crippen LogP contribution in [0.5, 0.6) is 0 Å². The Morgan fingerprint density at radius 2 is 2.12 bits per heavy atom. The molecule has 90 valence electrons. The lowest BCUT2D eigenvalue weighted by atomic mass is 10.1. The SMILES string of the molecule is CC(C)O/N=C1\C(=O)N(C)c2cccc(Br)c21. The zero-order valence-electron chi connectivity index (χ0n) is 9.90. The Morgan fingerprint density at radius 3 is 2.76 bits per heavy atom. The van der Waals surface area contributed by atoms with E-state index in [1.165, 1.54) is 0 Å². The summed E-state index contributed by atoms with van der Waals surface area (Å²) in [5.41, 5.74) is 1.99. The number of benzene rings is 1. The quantitative estimate of drug-likeness (QED) is 0.787. The Morgan fingerprint density at radius 1 is 1.41 bits per heavy atom. The smallest absolute Gasteiger partial charge is 0.280 e. The Hall–Kier alpha value is -1.36. The predicted molar refractivity (Wildman–Crippen MR) is 70.3 cm³/mol. The molecule has 1 heterocycles. The first-order valence-electron chi connectivity index (χ1n) is 5.33. The van der Waals surface area contributed by atoms with Crippen molar-refractivity contribution >= 4 is 33.2 Å². The summed E-state index contributed by atoms with van der Waals surface area (Å²) >= 11 is 3.43. The highest BCUT2D eigenvalue weighted by Crippen LogP contribution is 2.33. The van der Waals surface area contributed by atoms with Crippen molar-refractivity contribution in [2.24, 2.45) is 5.16 Å². The molecule has 0 atom stereocenters. The number of amides is 1. The highest BCUT2D eigenvalue weighted by Gasteiger charge is 2.33. The van der Waals surface area contributed by atoms with E-state index in [0.29, 0.717) is 5.71 Å². The van der Waals surface area contributed by atoms with Crippen LogP contribution in [0.25, 0.3) is 0 Å². The number of hydrogen-bond acceptors (Lipinski definition) is 3. The standard InChI is InChI=1S/C12H13BrN2O2/c1-7(2)17-14-11-10-8(13)5-4-6-9(10)15(3)12(11)16/h4-7H,1-3H3/b14-11-. The molecule has 0 saturated heterocycles. The van der Waals surface area contributed by atoms with Gasteiger partial charge in [-0.3, -0.25) is 4.79 Å². The summed E-state index contributed by atoms with van der Waals surface area (Å²) in [5, 5.41) is 3.95. The van der Waals surface area contributed by atoms with Crippen molar-refractivity contribution < 1.29 is 9.63 Å². The lowest BCUT2D eigenvalue weighted by molar-refractivity contribution is -0.112. The summed E-state index contributed by atoms with van der Waals surface area (Å²) in [6, 6.07) is 5.66. The summed E-state index contributed by atoms with van der Waals surface area (Å²) < 4.78 is 0.846. The summed E-state index contributed by atoms with van der Waals surface area (Å²) in [6.07, 6.45) is -0.0489. The Bertz CT molecular complexity index is 497. The number of carbonyl (C=O) groups excluding carboxylic acids is 1. The van der Waals surface area contributed by atoms with Gasteiger partial charge in [-0.05, 0) is 26.0 Å². The van der Waals surface area contributed by atoms with Crippen LogP contribution in [-0.4, -0.2) is 24.8 Å². The predicted octanol–water partition coefficient (Wildman–Crippen LogP) is 2.55. The van der Waals surface area contributed by atoms with Crippen LogP contribution in [0.1, 0.15) is 19.4 Å². The highest BCUT2D eigenvalue weighted by atomic mass is 79.9. The first-order valence-corrected chi connectivity index (χ1v) is 6.12. The first kappa shape index (κ1) is 12.1. The molecule has 0 fully saturated rings. The van der Waals surface area contributed by atoms with Crippen LogP contribution < -0.4 is 4.90 Å². The van der Waals surface area contributed by atoms with E-state index in [9.17, 15) is 4.79 Å². The lowest BCUT2D eigenvalue weighted by Gasteiger charge is -2.08. The Labute approximate surface area is 108 Å². The Kier molecular flexibility index (Phi) is 3.19. The second kappa shape index (κ2) is 4.49. The molecule has 1 amide bonds. The summed E-state index contributed by atoms with van der Waals surface area (Å²) in [4.78, 5) is 18.8. The second-order valence-corrected chi connectivity index (χ2v) is 4.95. The zero-order valence-corrected chi connectivity index (χ0v) is 11.5. The van der Waals surface area contributed by atoms with E-state index in [0.717, 1.165) is 15.7 Å². The molecule has 2 rings (SSSR count). The van der Waals surface area contributed by atoms with Crippen molar-refractivity contribution in [3.8, 4) is 0 Å². The molecule has 0 spiro atoms. The van der Waals surface area contributed by atoms with Gasteiger partial charge in [-0.15, -0.1) is 0 Å². The van der Waals surface area contributed by atoms with Crippen molar-refractivity contribution in [2.45, 2.75) is 20.0 Å². The number of halogens is 1. The number of anilines is 1. The van der Waals surface area contributed by atoms with Gasteiger partial charge in [0.1, 0.15) is 6.10 Å². The number of oxime groups is 1. The van der Waals surface area contributed by atoms with E-state index in [1.54, 1.807) is 11.9 Å². The van der Waals surface area contributed by atoms with Gasteiger partial charge in [0.15, 0.2) is 5.71 Å². The van der Waals surface area contributed by atoms with Gasteiger partial charge in [0.2, 0.25) is 0 Å². The third kappa shape index (κ3) is 2.07. The Balaban J connectivity index is 2.50. The van der Waals surface area contributed by atoms with Crippen molar-refractivity contribution in [3.63, 3.8) is 0 Å². The molecule has 0 aromatic heterocycles. The number of nitrogens with zero attached hydrogens (tertiary/aromatic N) is 2. The summed E-state index contributed by atoms with van der Waals surface area (Å²) in [7, 11) is 1.73. The molecule has 17 heavy (non-hydrogen) atoms. The molecule has 0 saturated carbocycles. The monoisotopic (exact) mass is 296 g/mol. The molecule has 1 aliphatic heterocycles. The van der Waals surface area contributed by atoms with Gasteiger partial charge in [-0.2, -0.15) is 0 Å². The van der Waals surface area contributed by atoms with Gasteiger partial charge in [0.05, 0.1) is 5.69 Å². The molecule has 5 heteroatoms. The molecule has 1 aromatic carbocycles. The van der Waals surface area contributed by atoms with E-state index in [2.05, 4.69) is 21.1 Å². The van der Waals surface area contributed by atoms with Crippen LogP contribution in [0.2, 0.25) is 0 Å². The van der Waals surface area contributed by atoms with Gasteiger partial charge >= 0.3 is 0 Å². The van der Waals surface area contributed by atoms with Gasteiger partial charge in [0.25, 0.3) is 5.91 Å². The fourth-order valence-corrected chi connectivity index (χ4v) is 2.19. The topological polar surface area (TPSA) is 41.9 Å². The molecule has 0 aliphatic carbocycles. The van der Waals surface area contributed by atoms with Crippen LogP contribution in [-0.2, 0) is 9.63 Å². The number of hydrogen-bond donors (Lipinski definition) is 0. The molecule has 0 N–H and O–H groups in total. The largest absolute Gasteiger partial charge is 0.392 e. The van der Waals surface area contributed by atoms with E-state index in [4.69, 9.17) is 4.84 Å². The minimum absolute atomic E-state index is 0.0489. The number of likely N-dealkylation sites (N-methyl/N-ethyl adjacent to an activating group) is 1. The molecule has 0 radical (unpaired) electrons. The minimum Gasteiger partial charge on any atom is -0.392 e. The van der Waals surface area contributed by atoms with E-state index in [1.807, 2.05) is 32.0 Å². The van der Waals surface area contributed by atoms with Gasteiger partial charge in [-0.25, -0.2) is 0 Å². The molecular formula is C12H13BrN2O2. The zero-order chi connectivity index (χ0) is 12.6. The van der Waals surface area contributed by atoms with Crippen LogP contribution in [0.3, 0.4) is 0 Å². The van der Waals surface area contributed by atoms with Gasteiger partial charge < -0.3 is 9.74 Å². The average Bonchev–Trinajstić information content (AvgIpc) is 2.52. The fraction of sp³-hybridized carbons (Fsp3) is 0.333. The van der Waals surface area contributed by atoms with Crippen LogP contribution in [0, 0.1) is 0 Å². The molecular weight excluding hydrogens is 284 g/mol. The van der Waals surface area contributed by atoms with Gasteiger partial charge in [-0.1, -0.05) is 27.2 Å². The van der Waals surface area contributed by atoms with Crippen LogP contribution >= 0.6 is 15.9 Å². The van der Waals surface area contributed by atoms with Gasteiger partial charge in [0, 0.05) is 17.1 Å². The maximum Gasteiger partial charge on any atom is 0.280 e. The normalized spacial score (nSPS) is 16.9. The highest BCUT2D eigenvalue weighted by molar-refractivity contribution is 9.10. The van der Waals surface area contributed by atoms with Crippen molar-refractivity contribution in [3.05, 3.63) is 28.2 Å². The lowest BCUT2D eigenvalue weighted by Crippen LogP contribution is -2.26. The van der Waals surface area contributed by atoms with E-state index >= 15 is 0 Å². The number of rotatable bonds is 2.